The predicted octanol–water partition coefficient (Wildman–Crippen LogP) is 2.32. The van der Waals surface area contributed by atoms with Crippen LogP contribution in [0, 0.1) is 5.92 Å². The molecule has 0 spiro atoms. The van der Waals surface area contributed by atoms with Crippen LogP contribution in [0.15, 0.2) is 29.4 Å². The van der Waals surface area contributed by atoms with E-state index in [0.29, 0.717) is 5.56 Å². The lowest BCUT2D eigenvalue weighted by molar-refractivity contribution is -0.123. The van der Waals surface area contributed by atoms with Crippen LogP contribution in [0.5, 0.6) is 0 Å². The summed E-state index contributed by atoms with van der Waals surface area (Å²) in [5.74, 6) is 0.400. The standard InChI is InChI=1S/C15H21N3O2/c1-18(15(19)12-5-3-2-4-6-12)13-9-7-11(8-10-13)14(16)17-20/h7-10,12,20H,2-6H2,1H3,(H2,16,17). The molecular formula is C15H21N3O2. The van der Waals surface area contributed by atoms with Crippen molar-refractivity contribution in [1.82, 2.24) is 0 Å². The lowest BCUT2D eigenvalue weighted by atomic mass is 9.88. The summed E-state index contributed by atoms with van der Waals surface area (Å²) < 4.78 is 0. The van der Waals surface area contributed by atoms with E-state index in [1.165, 1.54) is 6.42 Å². The van der Waals surface area contributed by atoms with Gasteiger partial charge in [-0.3, -0.25) is 4.79 Å². The van der Waals surface area contributed by atoms with Gasteiger partial charge in [0.15, 0.2) is 5.84 Å². The largest absolute Gasteiger partial charge is 0.409 e. The van der Waals surface area contributed by atoms with Crippen LogP contribution in [0.3, 0.4) is 0 Å². The minimum atomic E-state index is 0.0674. The van der Waals surface area contributed by atoms with Gasteiger partial charge in [-0.25, -0.2) is 0 Å². The Morgan fingerprint density at radius 3 is 2.40 bits per heavy atom. The minimum absolute atomic E-state index is 0.0674. The summed E-state index contributed by atoms with van der Waals surface area (Å²) in [6, 6.07) is 7.12. The highest BCUT2D eigenvalue weighted by molar-refractivity contribution is 5.98. The molecular weight excluding hydrogens is 254 g/mol. The number of hydrogen-bond donors (Lipinski definition) is 2. The van der Waals surface area contributed by atoms with E-state index >= 15 is 0 Å². The summed E-state index contributed by atoms with van der Waals surface area (Å²) in [5.41, 5.74) is 6.98. The second kappa shape index (κ2) is 6.41. The first-order chi connectivity index (χ1) is 9.63. The van der Waals surface area contributed by atoms with E-state index in [2.05, 4.69) is 5.16 Å². The van der Waals surface area contributed by atoms with Crippen LogP contribution in [-0.2, 0) is 4.79 Å². The van der Waals surface area contributed by atoms with Gasteiger partial charge >= 0.3 is 0 Å². The second-order valence-electron chi connectivity index (χ2n) is 5.26. The molecule has 1 saturated carbocycles. The van der Waals surface area contributed by atoms with Gasteiger partial charge < -0.3 is 15.8 Å². The molecule has 0 radical (unpaired) electrons. The average molecular weight is 275 g/mol. The van der Waals surface area contributed by atoms with Crippen LogP contribution in [0.2, 0.25) is 0 Å². The number of nitrogens with zero attached hydrogens (tertiary/aromatic N) is 2. The number of carbonyl (C=O) groups is 1. The zero-order valence-electron chi connectivity index (χ0n) is 11.7. The van der Waals surface area contributed by atoms with Crippen LogP contribution in [0.1, 0.15) is 37.7 Å². The highest BCUT2D eigenvalue weighted by Crippen LogP contribution is 2.27. The van der Waals surface area contributed by atoms with Gasteiger partial charge in [-0.1, -0.05) is 24.4 Å². The molecule has 0 unspecified atom stereocenters. The molecule has 1 fully saturated rings. The van der Waals surface area contributed by atoms with Gasteiger partial charge in [-0.2, -0.15) is 0 Å². The van der Waals surface area contributed by atoms with Gasteiger partial charge in [-0.15, -0.1) is 0 Å². The second-order valence-corrected chi connectivity index (χ2v) is 5.26. The SMILES string of the molecule is CN(C(=O)C1CCCCC1)c1ccc(C(N)=NO)cc1. The number of benzene rings is 1. The molecule has 20 heavy (non-hydrogen) atoms. The number of hydrogen-bond acceptors (Lipinski definition) is 3. The van der Waals surface area contributed by atoms with E-state index in [4.69, 9.17) is 10.9 Å². The normalized spacial score (nSPS) is 16.9. The number of carbonyl (C=O) groups excluding carboxylic acids is 1. The molecule has 2 rings (SSSR count). The Morgan fingerprint density at radius 1 is 1.25 bits per heavy atom. The Balaban J connectivity index is 2.08. The van der Waals surface area contributed by atoms with Crippen molar-refractivity contribution in [2.75, 3.05) is 11.9 Å². The van der Waals surface area contributed by atoms with Gasteiger partial charge in [0.25, 0.3) is 0 Å². The molecule has 108 valence electrons. The van der Waals surface area contributed by atoms with Crippen molar-refractivity contribution in [3.8, 4) is 0 Å². The van der Waals surface area contributed by atoms with E-state index in [1.54, 1.807) is 24.1 Å². The van der Waals surface area contributed by atoms with E-state index < -0.39 is 0 Å². The van der Waals surface area contributed by atoms with E-state index in [0.717, 1.165) is 31.4 Å². The lowest BCUT2D eigenvalue weighted by Gasteiger charge is -2.26. The van der Waals surface area contributed by atoms with Gasteiger partial charge in [-0.05, 0) is 37.1 Å². The van der Waals surface area contributed by atoms with Crippen LogP contribution < -0.4 is 10.6 Å². The monoisotopic (exact) mass is 275 g/mol. The van der Waals surface area contributed by atoms with Crippen molar-refractivity contribution in [3.05, 3.63) is 29.8 Å². The van der Waals surface area contributed by atoms with Crippen LogP contribution in [-0.4, -0.2) is 24.0 Å². The first kappa shape index (κ1) is 14.4. The molecule has 0 heterocycles. The first-order valence-corrected chi connectivity index (χ1v) is 6.99. The van der Waals surface area contributed by atoms with Crippen molar-refractivity contribution < 1.29 is 10.0 Å². The Hall–Kier alpha value is -2.04. The molecule has 5 heteroatoms. The molecule has 0 bridgehead atoms. The first-order valence-electron chi connectivity index (χ1n) is 6.99. The third-order valence-corrected chi connectivity index (χ3v) is 3.94. The zero-order chi connectivity index (χ0) is 14.5. The molecule has 0 atom stereocenters. The number of amidine groups is 1. The van der Waals surface area contributed by atoms with Crippen molar-refractivity contribution in [2.45, 2.75) is 32.1 Å². The van der Waals surface area contributed by atoms with Gasteiger partial charge in [0, 0.05) is 24.2 Å². The predicted molar refractivity (Wildman–Crippen MR) is 78.9 cm³/mol. The summed E-state index contributed by atoms with van der Waals surface area (Å²) >= 11 is 0. The Labute approximate surface area is 119 Å². The van der Waals surface area contributed by atoms with Crippen molar-refractivity contribution in [3.63, 3.8) is 0 Å². The summed E-state index contributed by atoms with van der Waals surface area (Å²) in [7, 11) is 1.80. The van der Waals surface area contributed by atoms with E-state index in [9.17, 15) is 4.79 Å². The summed E-state index contributed by atoms with van der Waals surface area (Å²) in [4.78, 5) is 14.1. The molecule has 1 aromatic carbocycles. The molecule has 0 saturated heterocycles. The fourth-order valence-electron chi connectivity index (χ4n) is 2.66. The summed E-state index contributed by atoms with van der Waals surface area (Å²) in [5, 5.41) is 11.6. The van der Waals surface area contributed by atoms with Crippen LogP contribution in [0.25, 0.3) is 0 Å². The Kier molecular flexibility index (Phi) is 4.61. The fourth-order valence-corrected chi connectivity index (χ4v) is 2.66. The average Bonchev–Trinajstić information content (AvgIpc) is 2.53. The molecule has 1 aliphatic carbocycles. The van der Waals surface area contributed by atoms with Gasteiger partial charge in [0.05, 0.1) is 0 Å². The maximum absolute atomic E-state index is 12.4. The summed E-state index contributed by atoms with van der Waals surface area (Å²) in [6.45, 7) is 0. The number of nitrogens with two attached hydrogens (primary N) is 1. The molecule has 1 amide bonds. The van der Waals surface area contributed by atoms with Gasteiger partial charge in [0.2, 0.25) is 5.91 Å². The molecule has 1 aliphatic rings. The zero-order valence-corrected chi connectivity index (χ0v) is 11.7. The minimum Gasteiger partial charge on any atom is -0.409 e. The third kappa shape index (κ3) is 3.10. The topological polar surface area (TPSA) is 78.9 Å². The highest BCUT2D eigenvalue weighted by atomic mass is 16.4. The van der Waals surface area contributed by atoms with Crippen LogP contribution >= 0.6 is 0 Å². The van der Waals surface area contributed by atoms with Crippen LogP contribution in [0.4, 0.5) is 5.69 Å². The molecule has 5 nitrogen and oxygen atoms in total. The van der Waals surface area contributed by atoms with Gasteiger partial charge in [0.1, 0.15) is 0 Å². The van der Waals surface area contributed by atoms with E-state index in [1.807, 2.05) is 12.1 Å². The number of anilines is 1. The maximum atomic E-state index is 12.4. The number of rotatable bonds is 3. The van der Waals surface area contributed by atoms with Crippen molar-refractivity contribution in [1.29, 1.82) is 0 Å². The third-order valence-electron chi connectivity index (χ3n) is 3.94. The Morgan fingerprint density at radius 2 is 1.85 bits per heavy atom. The smallest absolute Gasteiger partial charge is 0.229 e. The summed E-state index contributed by atoms with van der Waals surface area (Å²) in [6.07, 6.45) is 5.51. The maximum Gasteiger partial charge on any atom is 0.229 e. The van der Waals surface area contributed by atoms with E-state index in [-0.39, 0.29) is 17.7 Å². The lowest BCUT2D eigenvalue weighted by Crippen LogP contribution is -2.33. The quantitative estimate of drug-likeness (QED) is 0.384. The molecule has 0 aromatic heterocycles. The molecule has 3 N–H and O–H groups in total. The molecule has 1 aromatic rings. The van der Waals surface area contributed by atoms with Crippen molar-refractivity contribution in [2.24, 2.45) is 16.8 Å². The number of oxime groups is 1. The van der Waals surface area contributed by atoms with Crippen molar-refractivity contribution >= 4 is 17.4 Å². The molecule has 0 aliphatic heterocycles. The number of amides is 1. The Bertz CT molecular complexity index is 490. The fraction of sp³-hybridized carbons (Fsp3) is 0.467. The highest BCUT2D eigenvalue weighted by Gasteiger charge is 2.24.